The molecule has 3 rings (SSSR count). The molecule has 1 aliphatic heterocycles. The molecular weight excluding hydrogens is 358 g/mol. The number of halogens is 1. The molecule has 2 heterocycles. The molecule has 0 bridgehead atoms. The van der Waals surface area contributed by atoms with Crippen molar-refractivity contribution in [1.82, 2.24) is 15.6 Å². The van der Waals surface area contributed by atoms with Gasteiger partial charge in [-0.05, 0) is 24.6 Å². The summed E-state index contributed by atoms with van der Waals surface area (Å²) in [4.78, 5) is 27.3. The lowest BCUT2D eigenvalue weighted by atomic mass is 10.1. The van der Waals surface area contributed by atoms with E-state index in [1.807, 2.05) is 19.1 Å². The maximum atomic E-state index is 12.3. The minimum Gasteiger partial charge on any atom is -0.484 e. The molecule has 1 aliphatic rings. The van der Waals surface area contributed by atoms with Crippen molar-refractivity contribution in [2.75, 3.05) is 20.3 Å². The Bertz CT molecular complexity index is 799. The van der Waals surface area contributed by atoms with E-state index < -0.39 is 0 Å². The average molecular weight is 378 g/mol. The van der Waals surface area contributed by atoms with Crippen LogP contribution in [0.3, 0.4) is 0 Å². The fourth-order valence-corrected chi connectivity index (χ4v) is 2.64. The Labute approximate surface area is 156 Å². The predicted molar refractivity (Wildman–Crippen MR) is 96.8 cm³/mol. The number of hydrogen-bond donors (Lipinski definition) is 3. The van der Waals surface area contributed by atoms with Gasteiger partial charge in [-0.2, -0.15) is 0 Å². The first-order valence-corrected chi connectivity index (χ1v) is 8.61. The topological polar surface area (TPSA) is 92.5 Å². The quantitative estimate of drug-likeness (QED) is 0.720. The van der Waals surface area contributed by atoms with Gasteiger partial charge in [-0.15, -0.1) is 0 Å². The van der Waals surface area contributed by atoms with Crippen molar-refractivity contribution in [2.24, 2.45) is 0 Å². The Kier molecular flexibility index (Phi) is 5.49. The maximum Gasteiger partial charge on any atom is 0.271 e. The number of rotatable bonds is 6. The minimum absolute atomic E-state index is 0.00777. The van der Waals surface area contributed by atoms with Crippen molar-refractivity contribution in [1.29, 1.82) is 0 Å². The summed E-state index contributed by atoms with van der Waals surface area (Å²) in [6.45, 7) is 2.84. The van der Waals surface area contributed by atoms with E-state index in [-0.39, 0.29) is 35.3 Å². The zero-order valence-corrected chi connectivity index (χ0v) is 15.2. The molecule has 0 saturated carbocycles. The number of amides is 2. The Morgan fingerprint density at radius 3 is 2.54 bits per heavy atom. The summed E-state index contributed by atoms with van der Waals surface area (Å²) in [6, 6.07) is 8.77. The molecule has 0 unspecified atom stereocenters. The molecule has 138 valence electrons. The minimum atomic E-state index is -0.366. The first-order valence-electron chi connectivity index (χ1n) is 8.23. The third-order valence-electron chi connectivity index (χ3n) is 4.10. The zero-order chi connectivity index (χ0) is 18.7. The Hall–Kier alpha value is -2.51. The van der Waals surface area contributed by atoms with E-state index in [9.17, 15) is 9.59 Å². The van der Waals surface area contributed by atoms with Gasteiger partial charge in [-0.3, -0.25) is 9.59 Å². The molecule has 1 aromatic carbocycles. The van der Waals surface area contributed by atoms with Gasteiger partial charge in [0.15, 0.2) is 5.75 Å². The highest BCUT2D eigenvalue weighted by Gasteiger charge is 2.25. The van der Waals surface area contributed by atoms with Gasteiger partial charge in [-0.25, -0.2) is 0 Å². The van der Waals surface area contributed by atoms with Crippen LogP contribution in [-0.4, -0.2) is 43.1 Å². The summed E-state index contributed by atoms with van der Waals surface area (Å²) in [7, 11) is 1.51. The number of ether oxygens (including phenoxy) is 2. The molecule has 0 aliphatic carbocycles. The molecule has 8 heteroatoms. The van der Waals surface area contributed by atoms with Gasteiger partial charge >= 0.3 is 0 Å². The summed E-state index contributed by atoms with van der Waals surface area (Å²) in [5.41, 5.74) is 1.35. The van der Waals surface area contributed by atoms with Crippen LogP contribution in [0.15, 0.2) is 30.3 Å². The SMILES string of the molecule is CNC(=O)c1[nH]c(C(=O)NC2COC2)cc1O[C@@H](C)c1ccc(Cl)cc1. The van der Waals surface area contributed by atoms with Crippen molar-refractivity contribution >= 4 is 23.4 Å². The summed E-state index contributed by atoms with van der Waals surface area (Å²) < 4.78 is 11.0. The summed E-state index contributed by atoms with van der Waals surface area (Å²) in [5, 5.41) is 5.99. The fraction of sp³-hybridized carbons (Fsp3) is 0.333. The lowest BCUT2D eigenvalue weighted by molar-refractivity contribution is -0.00354. The molecule has 1 aromatic heterocycles. The monoisotopic (exact) mass is 377 g/mol. The molecule has 26 heavy (non-hydrogen) atoms. The number of carbonyl (C=O) groups excluding carboxylic acids is 2. The van der Waals surface area contributed by atoms with Gasteiger partial charge in [0.2, 0.25) is 0 Å². The van der Waals surface area contributed by atoms with Gasteiger partial charge in [0.05, 0.1) is 19.3 Å². The first-order chi connectivity index (χ1) is 12.5. The van der Waals surface area contributed by atoms with E-state index in [1.165, 1.54) is 13.1 Å². The maximum absolute atomic E-state index is 12.3. The van der Waals surface area contributed by atoms with Crippen LogP contribution in [0, 0.1) is 0 Å². The van der Waals surface area contributed by atoms with Crippen LogP contribution >= 0.6 is 11.6 Å². The molecule has 2 amide bonds. The summed E-state index contributed by atoms with van der Waals surface area (Å²) in [5.74, 6) is -0.367. The second-order valence-corrected chi connectivity index (χ2v) is 6.46. The van der Waals surface area contributed by atoms with Crippen molar-refractivity contribution in [3.8, 4) is 5.75 Å². The molecule has 2 aromatic rings. The number of hydrogen-bond acceptors (Lipinski definition) is 4. The highest BCUT2D eigenvalue weighted by Crippen LogP contribution is 2.27. The molecule has 1 fully saturated rings. The van der Waals surface area contributed by atoms with Crippen LogP contribution in [0.2, 0.25) is 5.02 Å². The second kappa shape index (κ2) is 7.80. The van der Waals surface area contributed by atoms with Crippen LogP contribution in [0.5, 0.6) is 5.75 Å². The van der Waals surface area contributed by atoms with Crippen LogP contribution in [-0.2, 0) is 4.74 Å². The number of H-pyrrole nitrogens is 1. The summed E-state index contributed by atoms with van der Waals surface area (Å²) >= 11 is 5.91. The fourth-order valence-electron chi connectivity index (χ4n) is 2.52. The third-order valence-corrected chi connectivity index (χ3v) is 4.35. The average Bonchev–Trinajstić information content (AvgIpc) is 3.01. The number of nitrogens with one attached hydrogen (secondary N) is 3. The lowest BCUT2D eigenvalue weighted by Gasteiger charge is -2.26. The lowest BCUT2D eigenvalue weighted by Crippen LogP contribution is -2.48. The Balaban J connectivity index is 1.80. The molecule has 3 N–H and O–H groups in total. The van der Waals surface area contributed by atoms with Crippen LogP contribution in [0.4, 0.5) is 0 Å². The van der Waals surface area contributed by atoms with Gasteiger partial charge in [0.1, 0.15) is 17.5 Å². The van der Waals surface area contributed by atoms with Crippen LogP contribution in [0.1, 0.15) is 39.6 Å². The van der Waals surface area contributed by atoms with Gasteiger partial charge in [-0.1, -0.05) is 23.7 Å². The highest BCUT2D eigenvalue weighted by molar-refractivity contribution is 6.30. The Morgan fingerprint density at radius 1 is 1.27 bits per heavy atom. The van der Waals surface area contributed by atoms with Gasteiger partial charge in [0.25, 0.3) is 11.8 Å². The van der Waals surface area contributed by atoms with Crippen molar-refractivity contribution in [3.63, 3.8) is 0 Å². The van der Waals surface area contributed by atoms with Crippen LogP contribution in [0.25, 0.3) is 0 Å². The van der Waals surface area contributed by atoms with E-state index in [1.54, 1.807) is 12.1 Å². The smallest absolute Gasteiger partial charge is 0.271 e. The number of benzene rings is 1. The Morgan fingerprint density at radius 2 is 1.96 bits per heavy atom. The standard InChI is InChI=1S/C18H20ClN3O4/c1-10(11-3-5-12(19)6-4-11)26-15-7-14(22-16(15)18(24)20-2)17(23)21-13-8-25-9-13/h3-7,10,13,22H,8-9H2,1-2H3,(H,20,24)(H,21,23)/t10-/m0/s1. The third kappa shape index (κ3) is 4.00. The number of aromatic nitrogens is 1. The zero-order valence-electron chi connectivity index (χ0n) is 14.5. The van der Waals surface area contributed by atoms with Gasteiger partial charge in [0, 0.05) is 18.1 Å². The number of carbonyl (C=O) groups is 2. The molecule has 7 nitrogen and oxygen atoms in total. The van der Waals surface area contributed by atoms with E-state index in [4.69, 9.17) is 21.1 Å². The largest absolute Gasteiger partial charge is 0.484 e. The van der Waals surface area contributed by atoms with E-state index >= 15 is 0 Å². The highest BCUT2D eigenvalue weighted by atomic mass is 35.5. The predicted octanol–water partition coefficient (Wildman–Crippen LogP) is 2.30. The first kappa shape index (κ1) is 18.3. The molecule has 0 spiro atoms. The molecule has 0 radical (unpaired) electrons. The van der Waals surface area contributed by atoms with Crippen molar-refractivity contribution in [3.05, 3.63) is 52.3 Å². The van der Waals surface area contributed by atoms with E-state index in [0.29, 0.717) is 24.0 Å². The van der Waals surface area contributed by atoms with Crippen LogP contribution < -0.4 is 15.4 Å². The molecule has 1 saturated heterocycles. The molecule has 1 atom stereocenters. The van der Waals surface area contributed by atoms with Gasteiger partial charge < -0.3 is 25.1 Å². The van der Waals surface area contributed by atoms with Crippen molar-refractivity contribution in [2.45, 2.75) is 19.1 Å². The normalized spacial score (nSPS) is 15.0. The van der Waals surface area contributed by atoms with Crippen molar-refractivity contribution < 1.29 is 19.1 Å². The summed E-state index contributed by atoms with van der Waals surface area (Å²) in [6.07, 6.45) is -0.331. The van der Waals surface area contributed by atoms with E-state index in [2.05, 4.69) is 15.6 Å². The second-order valence-electron chi connectivity index (χ2n) is 6.02. The number of aromatic amines is 1. The van der Waals surface area contributed by atoms with E-state index in [0.717, 1.165) is 5.56 Å². The molecular formula is C18H20ClN3O4.